The number of H-pyrrole nitrogens is 1. The first-order valence-electron chi connectivity index (χ1n) is 6.26. The fourth-order valence-electron chi connectivity index (χ4n) is 2.09. The van der Waals surface area contributed by atoms with Gasteiger partial charge in [-0.15, -0.1) is 0 Å². The lowest BCUT2D eigenvalue weighted by molar-refractivity contribution is 0.416. The van der Waals surface area contributed by atoms with Crippen LogP contribution in [0.3, 0.4) is 0 Å². The van der Waals surface area contributed by atoms with Crippen LogP contribution in [0.25, 0.3) is 11.1 Å². The van der Waals surface area contributed by atoms with Gasteiger partial charge in [0.2, 0.25) is 0 Å². The summed E-state index contributed by atoms with van der Waals surface area (Å²) in [6.45, 7) is 4.26. The summed E-state index contributed by atoms with van der Waals surface area (Å²) >= 11 is 6.08. The van der Waals surface area contributed by atoms with Crippen LogP contribution < -0.4 is 10.5 Å². The first-order valence-corrected chi connectivity index (χ1v) is 6.63. The van der Waals surface area contributed by atoms with Crippen LogP contribution in [0, 0.1) is 0 Å². The lowest BCUT2D eigenvalue weighted by Gasteiger charge is -2.13. The third kappa shape index (κ3) is 2.54. The number of methoxy groups -OCH3 is 1. The molecular formula is C14H18ClN3O. The van der Waals surface area contributed by atoms with E-state index < -0.39 is 0 Å². The molecule has 0 saturated carbocycles. The Morgan fingerprint density at radius 1 is 1.47 bits per heavy atom. The predicted molar refractivity (Wildman–Crippen MR) is 78.7 cm³/mol. The standard InChI is InChI=1S/C14H18ClN3O/c1-4-8(2)13-12(14(16)18-17-13)10-7-9(15)5-6-11(10)19-3/h5-8H,4H2,1-3H3,(H3,16,17,18). The number of nitrogens with zero attached hydrogens (tertiary/aromatic N) is 1. The van der Waals surface area contributed by atoms with E-state index in [1.807, 2.05) is 12.1 Å². The molecule has 1 atom stereocenters. The fraction of sp³-hybridized carbons (Fsp3) is 0.357. The Balaban J connectivity index is 2.64. The summed E-state index contributed by atoms with van der Waals surface area (Å²) in [6.07, 6.45) is 0.998. The number of aromatic nitrogens is 2. The summed E-state index contributed by atoms with van der Waals surface area (Å²) in [5.41, 5.74) is 8.77. The van der Waals surface area contributed by atoms with Crippen LogP contribution in [0.15, 0.2) is 18.2 Å². The van der Waals surface area contributed by atoms with Gasteiger partial charge in [-0.2, -0.15) is 5.10 Å². The van der Waals surface area contributed by atoms with E-state index in [4.69, 9.17) is 22.1 Å². The third-order valence-corrected chi connectivity index (χ3v) is 3.59. The molecule has 2 aromatic rings. The number of nitrogens with two attached hydrogens (primary N) is 1. The Kier molecular flexibility index (Phi) is 4.00. The van der Waals surface area contributed by atoms with Gasteiger partial charge in [-0.1, -0.05) is 25.4 Å². The number of hydrogen-bond donors (Lipinski definition) is 2. The Bertz CT molecular complexity index is 580. The molecule has 4 nitrogen and oxygen atoms in total. The van der Waals surface area contributed by atoms with E-state index in [0.717, 1.165) is 29.0 Å². The van der Waals surface area contributed by atoms with Gasteiger partial charge in [-0.3, -0.25) is 5.10 Å². The smallest absolute Gasteiger partial charge is 0.153 e. The van der Waals surface area contributed by atoms with Crippen molar-refractivity contribution < 1.29 is 4.74 Å². The summed E-state index contributed by atoms with van der Waals surface area (Å²) in [7, 11) is 1.63. The lowest BCUT2D eigenvalue weighted by atomic mass is 9.96. The minimum atomic E-state index is 0.337. The minimum absolute atomic E-state index is 0.337. The van der Waals surface area contributed by atoms with E-state index in [1.54, 1.807) is 13.2 Å². The molecule has 19 heavy (non-hydrogen) atoms. The summed E-state index contributed by atoms with van der Waals surface area (Å²) in [6, 6.07) is 5.49. The zero-order valence-electron chi connectivity index (χ0n) is 11.3. The van der Waals surface area contributed by atoms with Gasteiger partial charge in [-0.25, -0.2) is 0 Å². The predicted octanol–water partition coefficient (Wildman–Crippen LogP) is 3.83. The molecule has 0 bridgehead atoms. The van der Waals surface area contributed by atoms with Gasteiger partial charge in [-0.05, 0) is 30.5 Å². The van der Waals surface area contributed by atoms with E-state index in [2.05, 4.69) is 24.0 Å². The van der Waals surface area contributed by atoms with E-state index >= 15 is 0 Å². The third-order valence-electron chi connectivity index (χ3n) is 3.36. The summed E-state index contributed by atoms with van der Waals surface area (Å²) in [5, 5.41) is 7.79. The van der Waals surface area contributed by atoms with Crippen molar-refractivity contribution in [3.8, 4) is 16.9 Å². The number of nitrogen functional groups attached to an aromatic ring is 1. The molecular weight excluding hydrogens is 262 g/mol. The van der Waals surface area contributed by atoms with Crippen molar-refractivity contribution in [1.29, 1.82) is 0 Å². The Morgan fingerprint density at radius 3 is 2.84 bits per heavy atom. The van der Waals surface area contributed by atoms with Crippen molar-refractivity contribution in [1.82, 2.24) is 10.2 Å². The Hall–Kier alpha value is -1.68. The Labute approximate surface area is 117 Å². The normalized spacial score (nSPS) is 12.4. The highest BCUT2D eigenvalue weighted by Crippen LogP contribution is 2.39. The average Bonchev–Trinajstić information content (AvgIpc) is 2.79. The van der Waals surface area contributed by atoms with Gasteiger partial charge >= 0.3 is 0 Å². The van der Waals surface area contributed by atoms with Crippen LogP contribution >= 0.6 is 11.6 Å². The highest BCUT2D eigenvalue weighted by molar-refractivity contribution is 6.31. The number of nitrogens with one attached hydrogen (secondary N) is 1. The second-order valence-electron chi connectivity index (χ2n) is 4.55. The number of halogens is 1. The molecule has 0 aliphatic heterocycles. The van der Waals surface area contributed by atoms with E-state index in [-0.39, 0.29) is 0 Å². The molecule has 0 fully saturated rings. The molecule has 0 saturated heterocycles. The zero-order valence-corrected chi connectivity index (χ0v) is 12.1. The van der Waals surface area contributed by atoms with Crippen LogP contribution in [-0.4, -0.2) is 17.3 Å². The average molecular weight is 280 g/mol. The largest absolute Gasteiger partial charge is 0.496 e. The SMILES string of the molecule is CCC(C)c1[nH]nc(N)c1-c1cc(Cl)ccc1OC. The fourth-order valence-corrected chi connectivity index (χ4v) is 2.26. The number of anilines is 1. The van der Waals surface area contributed by atoms with Gasteiger partial charge in [0.15, 0.2) is 5.82 Å². The topological polar surface area (TPSA) is 63.9 Å². The van der Waals surface area contributed by atoms with E-state index in [1.165, 1.54) is 0 Å². The summed E-state index contributed by atoms with van der Waals surface area (Å²) < 4.78 is 5.39. The van der Waals surface area contributed by atoms with Gasteiger partial charge in [0.25, 0.3) is 0 Å². The maximum Gasteiger partial charge on any atom is 0.153 e. The molecule has 0 spiro atoms. The molecule has 102 valence electrons. The number of rotatable bonds is 4. The zero-order chi connectivity index (χ0) is 14.0. The van der Waals surface area contributed by atoms with Gasteiger partial charge in [0.05, 0.1) is 12.7 Å². The van der Waals surface area contributed by atoms with Crippen molar-refractivity contribution in [2.45, 2.75) is 26.2 Å². The quantitative estimate of drug-likeness (QED) is 0.894. The molecule has 1 aromatic carbocycles. The summed E-state index contributed by atoms with van der Waals surface area (Å²) in [5.74, 6) is 1.54. The number of benzene rings is 1. The van der Waals surface area contributed by atoms with Crippen LogP contribution in [-0.2, 0) is 0 Å². The van der Waals surface area contributed by atoms with Crippen LogP contribution in [0.4, 0.5) is 5.82 Å². The van der Waals surface area contributed by atoms with Crippen molar-refractivity contribution in [3.63, 3.8) is 0 Å². The van der Waals surface area contributed by atoms with Crippen molar-refractivity contribution in [2.75, 3.05) is 12.8 Å². The molecule has 3 N–H and O–H groups in total. The van der Waals surface area contributed by atoms with Crippen LogP contribution in [0.2, 0.25) is 5.02 Å². The van der Waals surface area contributed by atoms with Gasteiger partial charge in [0.1, 0.15) is 5.75 Å². The molecule has 2 rings (SSSR count). The van der Waals surface area contributed by atoms with E-state index in [0.29, 0.717) is 16.8 Å². The van der Waals surface area contributed by atoms with Crippen LogP contribution in [0.1, 0.15) is 31.9 Å². The molecule has 1 heterocycles. The van der Waals surface area contributed by atoms with Crippen molar-refractivity contribution >= 4 is 17.4 Å². The first-order chi connectivity index (χ1) is 9.08. The second-order valence-corrected chi connectivity index (χ2v) is 4.99. The number of hydrogen-bond acceptors (Lipinski definition) is 3. The molecule has 5 heteroatoms. The highest BCUT2D eigenvalue weighted by atomic mass is 35.5. The minimum Gasteiger partial charge on any atom is -0.496 e. The molecule has 1 unspecified atom stereocenters. The van der Waals surface area contributed by atoms with Crippen molar-refractivity contribution in [3.05, 3.63) is 28.9 Å². The Morgan fingerprint density at radius 2 is 2.21 bits per heavy atom. The summed E-state index contributed by atoms with van der Waals surface area (Å²) in [4.78, 5) is 0. The second kappa shape index (κ2) is 5.53. The highest BCUT2D eigenvalue weighted by Gasteiger charge is 2.20. The van der Waals surface area contributed by atoms with Gasteiger partial charge in [0, 0.05) is 16.3 Å². The number of aromatic amines is 1. The molecule has 0 aliphatic carbocycles. The molecule has 0 amide bonds. The first kappa shape index (κ1) is 13.7. The molecule has 0 radical (unpaired) electrons. The number of ether oxygens (including phenoxy) is 1. The van der Waals surface area contributed by atoms with Gasteiger partial charge < -0.3 is 10.5 Å². The van der Waals surface area contributed by atoms with Crippen LogP contribution in [0.5, 0.6) is 5.75 Å². The molecule has 1 aromatic heterocycles. The lowest BCUT2D eigenvalue weighted by Crippen LogP contribution is -1.97. The van der Waals surface area contributed by atoms with E-state index in [9.17, 15) is 0 Å². The molecule has 0 aliphatic rings. The monoisotopic (exact) mass is 279 g/mol. The maximum atomic E-state index is 6.08. The van der Waals surface area contributed by atoms with Crippen molar-refractivity contribution in [2.24, 2.45) is 0 Å². The maximum absolute atomic E-state index is 6.08.